The van der Waals surface area contributed by atoms with Crippen molar-refractivity contribution in [1.82, 2.24) is 19.4 Å². The average Bonchev–Trinajstić information content (AvgIpc) is 3.39. The maximum atomic E-state index is 13.2. The summed E-state index contributed by atoms with van der Waals surface area (Å²) in [6.45, 7) is 6.68. The fraction of sp³-hybridized carbons (Fsp3) is 0.571. The molecular formula is C21H31N5O. The highest BCUT2D eigenvalue weighted by Gasteiger charge is 2.26. The molecule has 0 unspecified atom stereocenters. The number of hydrogen-bond donors (Lipinski definition) is 0. The number of amides is 1. The van der Waals surface area contributed by atoms with E-state index in [0.29, 0.717) is 11.9 Å². The Hall–Kier alpha value is -2.37. The molecule has 1 saturated carbocycles. The molecule has 6 nitrogen and oxygen atoms in total. The number of anilines is 1. The first-order valence-electron chi connectivity index (χ1n) is 10.0. The minimum absolute atomic E-state index is 0.128. The summed E-state index contributed by atoms with van der Waals surface area (Å²) in [5.41, 5.74) is 2.74. The van der Waals surface area contributed by atoms with E-state index in [1.165, 1.54) is 12.8 Å². The van der Waals surface area contributed by atoms with Gasteiger partial charge in [-0.1, -0.05) is 13.3 Å². The molecule has 2 heterocycles. The van der Waals surface area contributed by atoms with E-state index in [4.69, 9.17) is 0 Å². The zero-order valence-corrected chi connectivity index (χ0v) is 17.0. The standard InChI is InChI=1S/C21H31N5O/c1-5-7-10-25(6-2)20(27)19-11-17(15-26(19)14-16-8-9-16)18-12-22-21(23-13-18)24(3)4/h11-13,15-16H,5-10,14H2,1-4H3. The Labute approximate surface area is 162 Å². The Kier molecular flexibility index (Phi) is 6.14. The van der Waals surface area contributed by atoms with Gasteiger partial charge in [0.15, 0.2) is 0 Å². The van der Waals surface area contributed by atoms with Crippen LogP contribution in [0, 0.1) is 5.92 Å². The fourth-order valence-corrected chi connectivity index (χ4v) is 3.19. The zero-order chi connectivity index (χ0) is 19.4. The summed E-state index contributed by atoms with van der Waals surface area (Å²) < 4.78 is 2.14. The van der Waals surface area contributed by atoms with Gasteiger partial charge in [0.1, 0.15) is 5.69 Å². The summed E-state index contributed by atoms with van der Waals surface area (Å²) >= 11 is 0. The van der Waals surface area contributed by atoms with E-state index in [9.17, 15) is 4.79 Å². The van der Waals surface area contributed by atoms with Crippen LogP contribution in [0.4, 0.5) is 5.95 Å². The molecule has 0 saturated heterocycles. The van der Waals surface area contributed by atoms with Gasteiger partial charge in [0.2, 0.25) is 5.95 Å². The monoisotopic (exact) mass is 369 g/mol. The lowest BCUT2D eigenvalue weighted by molar-refractivity contribution is 0.0751. The van der Waals surface area contributed by atoms with Crippen LogP contribution in [0.2, 0.25) is 0 Å². The van der Waals surface area contributed by atoms with Crippen LogP contribution in [0.1, 0.15) is 50.0 Å². The number of hydrogen-bond acceptors (Lipinski definition) is 4. The largest absolute Gasteiger partial charge is 0.347 e. The first kappa shape index (κ1) is 19.4. The number of nitrogens with zero attached hydrogens (tertiary/aromatic N) is 5. The van der Waals surface area contributed by atoms with E-state index in [-0.39, 0.29) is 5.91 Å². The molecule has 1 fully saturated rings. The van der Waals surface area contributed by atoms with Gasteiger partial charge in [-0.2, -0.15) is 0 Å². The predicted octanol–water partition coefficient (Wildman–Crippen LogP) is 3.68. The number of rotatable bonds is 9. The Morgan fingerprint density at radius 3 is 2.44 bits per heavy atom. The molecule has 1 amide bonds. The van der Waals surface area contributed by atoms with Crippen molar-refractivity contribution in [3.05, 3.63) is 30.4 Å². The molecule has 2 aromatic heterocycles. The fourth-order valence-electron chi connectivity index (χ4n) is 3.19. The lowest BCUT2D eigenvalue weighted by atomic mass is 10.2. The van der Waals surface area contributed by atoms with Crippen LogP contribution < -0.4 is 4.90 Å². The summed E-state index contributed by atoms with van der Waals surface area (Å²) in [6.07, 6.45) is 10.4. The maximum Gasteiger partial charge on any atom is 0.270 e. The van der Waals surface area contributed by atoms with Gasteiger partial charge in [0, 0.05) is 63.4 Å². The summed E-state index contributed by atoms with van der Waals surface area (Å²) in [4.78, 5) is 25.8. The zero-order valence-electron chi connectivity index (χ0n) is 17.0. The molecule has 0 atom stereocenters. The molecule has 2 aromatic rings. The van der Waals surface area contributed by atoms with Gasteiger partial charge in [0.05, 0.1) is 0 Å². The lowest BCUT2D eigenvalue weighted by Gasteiger charge is -2.21. The Morgan fingerprint density at radius 1 is 1.19 bits per heavy atom. The minimum atomic E-state index is 0.128. The van der Waals surface area contributed by atoms with Crippen molar-refractivity contribution in [2.75, 3.05) is 32.1 Å². The molecule has 1 aliphatic rings. The van der Waals surface area contributed by atoms with Gasteiger partial charge in [-0.15, -0.1) is 0 Å². The van der Waals surface area contributed by atoms with Gasteiger partial charge in [0.25, 0.3) is 5.91 Å². The maximum absolute atomic E-state index is 13.2. The van der Waals surface area contributed by atoms with Crippen molar-refractivity contribution in [2.45, 2.75) is 46.1 Å². The second-order valence-corrected chi connectivity index (χ2v) is 7.61. The van der Waals surface area contributed by atoms with Crippen molar-refractivity contribution < 1.29 is 4.79 Å². The third-order valence-electron chi connectivity index (χ3n) is 5.09. The first-order chi connectivity index (χ1) is 13.0. The van der Waals surface area contributed by atoms with Crippen LogP contribution in [0.5, 0.6) is 0 Å². The van der Waals surface area contributed by atoms with Crippen molar-refractivity contribution >= 4 is 11.9 Å². The lowest BCUT2D eigenvalue weighted by Crippen LogP contribution is -2.33. The number of carbonyl (C=O) groups is 1. The molecule has 0 radical (unpaired) electrons. The molecule has 1 aliphatic carbocycles. The van der Waals surface area contributed by atoms with Gasteiger partial charge < -0.3 is 14.4 Å². The second kappa shape index (κ2) is 8.55. The SMILES string of the molecule is CCCCN(CC)C(=O)c1cc(-c2cnc(N(C)C)nc2)cn1CC1CC1. The molecular weight excluding hydrogens is 338 g/mol. The molecule has 27 heavy (non-hydrogen) atoms. The Morgan fingerprint density at radius 2 is 1.89 bits per heavy atom. The molecule has 0 bridgehead atoms. The van der Waals surface area contributed by atoms with Crippen LogP contribution in [0.3, 0.4) is 0 Å². The summed E-state index contributed by atoms with van der Waals surface area (Å²) in [5, 5.41) is 0. The topological polar surface area (TPSA) is 54.3 Å². The third-order valence-corrected chi connectivity index (χ3v) is 5.09. The summed E-state index contributed by atoms with van der Waals surface area (Å²) in [7, 11) is 3.85. The van der Waals surface area contributed by atoms with Gasteiger partial charge in [-0.25, -0.2) is 9.97 Å². The van der Waals surface area contributed by atoms with Gasteiger partial charge in [-0.3, -0.25) is 4.79 Å². The van der Waals surface area contributed by atoms with E-state index >= 15 is 0 Å². The van der Waals surface area contributed by atoms with Crippen LogP contribution in [-0.4, -0.2) is 52.5 Å². The quantitative estimate of drug-likeness (QED) is 0.676. The van der Waals surface area contributed by atoms with Gasteiger partial charge in [-0.05, 0) is 38.2 Å². The number of carbonyl (C=O) groups excluding carboxylic acids is 1. The van der Waals surface area contributed by atoms with Crippen molar-refractivity contribution in [2.24, 2.45) is 5.92 Å². The Balaban J connectivity index is 1.89. The second-order valence-electron chi connectivity index (χ2n) is 7.61. The summed E-state index contributed by atoms with van der Waals surface area (Å²) in [6, 6.07) is 2.01. The predicted molar refractivity (Wildman–Crippen MR) is 109 cm³/mol. The van der Waals surface area contributed by atoms with Crippen molar-refractivity contribution in [1.29, 1.82) is 0 Å². The molecule has 0 aliphatic heterocycles. The highest BCUT2D eigenvalue weighted by molar-refractivity contribution is 5.94. The van der Waals surface area contributed by atoms with Crippen LogP contribution in [-0.2, 0) is 6.54 Å². The van der Waals surface area contributed by atoms with E-state index in [1.807, 2.05) is 42.4 Å². The number of aromatic nitrogens is 3. The minimum Gasteiger partial charge on any atom is -0.347 e. The van der Waals surface area contributed by atoms with Crippen molar-refractivity contribution in [3.63, 3.8) is 0 Å². The number of unbranched alkanes of at least 4 members (excludes halogenated alkanes) is 1. The van der Waals surface area contributed by atoms with E-state index < -0.39 is 0 Å². The van der Waals surface area contributed by atoms with Crippen LogP contribution in [0.15, 0.2) is 24.7 Å². The molecule has 146 valence electrons. The van der Waals surface area contributed by atoms with Gasteiger partial charge >= 0.3 is 0 Å². The van der Waals surface area contributed by atoms with E-state index in [0.717, 1.165) is 49.3 Å². The smallest absolute Gasteiger partial charge is 0.270 e. The van der Waals surface area contributed by atoms with Crippen LogP contribution in [0.25, 0.3) is 11.1 Å². The van der Waals surface area contributed by atoms with E-state index in [1.54, 1.807) is 0 Å². The Bertz CT molecular complexity index is 761. The molecule has 0 N–H and O–H groups in total. The first-order valence-corrected chi connectivity index (χ1v) is 10.0. The summed E-state index contributed by atoms with van der Waals surface area (Å²) in [5.74, 6) is 1.52. The molecule has 6 heteroatoms. The normalized spacial score (nSPS) is 13.6. The highest BCUT2D eigenvalue weighted by atomic mass is 16.2. The van der Waals surface area contributed by atoms with Crippen molar-refractivity contribution in [3.8, 4) is 11.1 Å². The van der Waals surface area contributed by atoms with Crippen LogP contribution >= 0.6 is 0 Å². The van der Waals surface area contributed by atoms with E-state index in [2.05, 4.69) is 34.6 Å². The molecule has 3 rings (SSSR count). The molecule has 0 aromatic carbocycles. The third kappa shape index (κ3) is 4.67. The molecule has 0 spiro atoms. The average molecular weight is 370 g/mol. The highest BCUT2D eigenvalue weighted by Crippen LogP contribution is 2.33.